The molecule has 1 aliphatic carbocycles. The second kappa shape index (κ2) is 11.2. The quantitative estimate of drug-likeness (QED) is 0.283. The van der Waals surface area contributed by atoms with Gasteiger partial charge in [-0.3, -0.25) is 9.69 Å². The molecule has 2 fully saturated rings. The summed E-state index contributed by atoms with van der Waals surface area (Å²) in [4.78, 5) is 35.5. The number of carbonyl (C=O) groups excluding carboxylic acids is 2. The lowest BCUT2D eigenvalue weighted by molar-refractivity contribution is -0.274. The Balaban J connectivity index is 1.08. The Kier molecular flexibility index (Phi) is 7.42. The van der Waals surface area contributed by atoms with Crippen LogP contribution in [0.4, 0.5) is 23.7 Å². The van der Waals surface area contributed by atoms with Crippen LogP contribution in [0, 0.1) is 13.8 Å². The molecular weight excluding hydrogens is 581 g/mol. The number of halogens is 3. The van der Waals surface area contributed by atoms with E-state index in [0.717, 1.165) is 34.4 Å². The van der Waals surface area contributed by atoms with Gasteiger partial charge < -0.3 is 10.1 Å². The van der Waals surface area contributed by atoms with Gasteiger partial charge in [-0.15, -0.1) is 18.3 Å². The highest BCUT2D eigenvalue weighted by Crippen LogP contribution is 2.41. The highest BCUT2D eigenvalue weighted by Gasteiger charge is 2.40. The standard InChI is InChI=1S/C30H25F3N6O3S/c1-17-4-3-5-18(2)26(17)39-25(40)15-43-29(39)36-28(41)35-24-14-23(24)19-6-8-20(9-7-19)27-34-16-38(37-27)21-10-12-22(13-11-21)42-30(31,32)33/h3-13,16,23-24H,14-15H2,1-2H3,(H,35,41)/b36-29-. The van der Waals surface area contributed by atoms with E-state index in [1.165, 1.54) is 51.9 Å². The summed E-state index contributed by atoms with van der Waals surface area (Å²) in [5.41, 5.74) is 4.98. The third-order valence-electron chi connectivity index (χ3n) is 7.15. The normalized spacial score (nSPS) is 19.1. The molecule has 1 saturated heterocycles. The van der Waals surface area contributed by atoms with Crippen LogP contribution in [0.3, 0.4) is 0 Å². The largest absolute Gasteiger partial charge is 0.573 e. The number of rotatable bonds is 6. The van der Waals surface area contributed by atoms with Gasteiger partial charge in [0.15, 0.2) is 11.0 Å². The Hall–Kier alpha value is -4.65. The van der Waals surface area contributed by atoms with Gasteiger partial charge in [-0.1, -0.05) is 54.2 Å². The second-order valence-corrected chi connectivity index (χ2v) is 11.2. The zero-order chi connectivity index (χ0) is 30.3. The smallest absolute Gasteiger partial charge is 0.406 e. The lowest BCUT2D eigenvalue weighted by Crippen LogP contribution is -2.33. The molecule has 3 amide bonds. The minimum absolute atomic E-state index is 0.0694. The fraction of sp³-hybridized carbons (Fsp3) is 0.233. The van der Waals surface area contributed by atoms with Crippen molar-refractivity contribution >= 4 is 34.6 Å². The third kappa shape index (κ3) is 6.26. The number of aryl methyl sites for hydroxylation is 2. The van der Waals surface area contributed by atoms with E-state index in [1.54, 1.807) is 0 Å². The van der Waals surface area contributed by atoms with Crippen LogP contribution >= 0.6 is 11.8 Å². The highest BCUT2D eigenvalue weighted by atomic mass is 32.2. The SMILES string of the molecule is Cc1cccc(C)c1N1C(=O)CS/C1=N\C(=O)NC1CC1c1ccc(-c2ncn(-c3ccc(OC(F)(F)F)cc3)n2)cc1. The van der Waals surface area contributed by atoms with Crippen LogP contribution in [-0.4, -0.2) is 50.0 Å². The van der Waals surface area contributed by atoms with Gasteiger partial charge >= 0.3 is 12.4 Å². The molecular formula is C30H25F3N6O3S. The van der Waals surface area contributed by atoms with E-state index in [0.29, 0.717) is 16.7 Å². The topological polar surface area (TPSA) is 102 Å². The Morgan fingerprint density at radius 3 is 2.42 bits per heavy atom. The van der Waals surface area contributed by atoms with Crippen molar-refractivity contribution in [2.24, 2.45) is 4.99 Å². The Labute approximate surface area is 248 Å². The fourth-order valence-corrected chi connectivity index (χ4v) is 5.87. The third-order valence-corrected chi connectivity index (χ3v) is 8.07. The van der Waals surface area contributed by atoms with Crippen LogP contribution in [-0.2, 0) is 4.79 Å². The van der Waals surface area contributed by atoms with Gasteiger partial charge in [0.1, 0.15) is 12.1 Å². The number of aromatic nitrogens is 3. The van der Waals surface area contributed by atoms with Crippen molar-refractivity contribution in [2.75, 3.05) is 10.7 Å². The first-order valence-electron chi connectivity index (χ1n) is 13.3. The predicted molar refractivity (Wildman–Crippen MR) is 156 cm³/mol. The van der Waals surface area contributed by atoms with Gasteiger partial charge in [0, 0.05) is 17.5 Å². The number of nitrogens with zero attached hydrogens (tertiary/aromatic N) is 5. The summed E-state index contributed by atoms with van der Waals surface area (Å²) in [5.74, 6) is 0.394. The lowest BCUT2D eigenvalue weighted by atomic mass is 10.1. The van der Waals surface area contributed by atoms with E-state index in [1.807, 2.05) is 56.3 Å². The highest BCUT2D eigenvalue weighted by molar-refractivity contribution is 8.15. The van der Waals surface area contributed by atoms with Crippen molar-refractivity contribution in [2.45, 2.75) is 38.6 Å². The molecule has 3 aromatic carbocycles. The van der Waals surface area contributed by atoms with E-state index in [9.17, 15) is 22.8 Å². The zero-order valence-corrected chi connectivity index (χ0v) is 23.8. The molecule has 43 heavy (non-hydrogen) atoms. The molecule has 220 valence electrons. The first kappa shape index (κ1) is 28.5. The molecule has 0 radical (unpaired) electrons. The predicted octanol–water partition coefficient (Wildman–Crippen LogP) is 6.15. The van der Waals surface area contributed by atoms with E-state index in [-0.39, 0.29) is 29.4 Å². The van der Waals surface area contributed by atoms with Crippen molar-refractivity contribution < 1.29 is 27.5 Å². The van der Waals surface area contributed by atoms with Crippen LogP contribution in [0.15, 0.2) is 78.0 Å². The minimum atomic E-state index is -4.76. The Morgan fingerprint density at radius 2 is 1.74 bits per heavy atom. The number of ether oxygens (including phenoxy) is 1. The Bertz CT molecular complexity index is 1700. The van der Waals surface area contributed by atoms with Crippen LogP contribution in [0.2, 0.25) is 0 Å². The number of urea groups is 1. The van der Waals surface area contributed by atoms with E-state index < -0.39 is 12.4 Å². The summed E-state index contributed by atoms with van der Waals surface area (Å²) in [5, 5.41) is 7.76. The molecule has 6 rings (SSSR count). The summed E-state index contributed by atoms with van der Waals surface area (Å²) in [6.07, 6.45) is -2.51. The maximum absolute atomic E-state index is 12.8. The minimum Gasteiger partial charge on any atom is -0.406 e. The molecule has 13 heteroatoms. The molecule has 2 unspecified atom stereocenters. The summed E-state index contributed by atoms with van der Waals surface area (Å²) in [7, 11) is 0. The first-order valence-corrected chi connectivity index (χ1v) is 14.3. The molecule has 1 N–H and O–H groups in total. The van der Waals surface area contributed by atoms with E-state index in [4.69, 9.17) is 0 Å². The van der Waals surface area contributed by atoms with Crippen molar-refractivity contribution in [3.8, 4) is 22.8 Å². The van der Waals surface area contributed by atoms with E-state index >= 15 is 0 Å². The van der Waals surface area contributed by atoms with Crippen LogP contribution < -0.4 is 15.0 Å². The number of hydrogen-bond donors (Lipinski definition) is 1. The number of hydrogen-bond acceptors (Lipinski definition) is 6. The number of thioether (sulfide) groups is 1. The fourth-order valence-electron chi connectivity index (χ4n) is 5.02. The van der Waals surface area contributed by atoms with Gasteiger partial charge in [0.25, 0.3) is 0 Å². The van der Waals surface area contributed by atoms with Crippen molar-refractivity contribution in [1.29, 1.82) is 0 Å². The number of anilines is 1. The number of carbonyl (C=O) groups is 2. The van der Waals surface area contributed by atoms with Gasteiger partial charge in [-0.05, 0) is 61.2 Å². The summed E-state index contributed by atoms with van der Waals surface area (Å²) < 4.78 is 42.6. The maximum atomic E-state index is 12.8. The Morgan fingerprint density at radius 1 is 1.05 bits per heavy atom. The van der Waals surface area contributed by atoms with Crippen LogP contribution in [0.25, 0.3) is 17.1 Å². The van der Waals surface area contributed by atoms with Gasteiger partial charge in [-0.25, -0.2) is 14.5 Å². The summed E-state index contributed by atoms with van der Waals surface area (Å²) in [6, 6.07) is 18.2. The van der Waals surface area contributed by atoms with Crippen molar-refractivity contribution in [1.82, 2.24) is 20.1 Å². The molecule has 0 spiro atoms. The van der Waals surface area contributed by atoms with Crippen molar-refractivity contribution in [3.63, 3.8) is 0 Å². The molecule has 4 aromatic rings. The molecule has 2 atom stereocenters. The average Bonchev–Trinajstić information content (AvgIpc) is 3.37. The van der Waals surface area contributed by atoms with Crippen molar-refractivity contribution in [3.05, 3.63) is 89.7 Å². The average molecular weight is 607 g/mol. The van der Waals surface area contributed by atoms with Gasteiger partial charge in [0.05, 0.1) is 17.1 Å². The molecule has 1 saturated carbocycles. The number of benzene rings is 3. The van der Waals surface area contributed by atoms with Gasteiger partial charge in [0.2, 0.25) is 5.91 Å². The molecule has 1 aliphatic heterocycles. The van der Waals surface area contributed by atoms with Gasteiger partial charge in [-0.2, -0.15) is 4.99 Å². The second-order valence-electron chi connectivity index (χ2n) is 10.2. The molecule has 9 nitrogen and oxygen atoms in total. The number of para-hydroxylation sites is 1. The number of alkyl halides is 3. The monoisotopic (exact) mass is 606 g/mol. The number of amidine groups is 1. The molecule has 2 aliphatic rings. The number of nitrogens with one attached hydrogen (secondary N) is 1. The molecule has 2 heterocycles. The summed E-state index contributed by atoms with van der Waals surface area (Å²) >= 11 is 1.25. The van der Waals surface area contributed by atoms with Crippen LogP contribution in [0.1, 0.15) is 29.0 Å². The number of aliphatic imine (C=N–C) groups is 1. The first-order chi connectivity index (χ1) is 20.6. The molecule has 1 aromatic heterocycles. The maximum Gasteiger partial charge on any atom is 0.573 e. The summed E-state index contributed by atoms with van der Waals surface area (Å²) in [6.45, 7) is 3.85. The number of amides is 3. The van der Waals surface area contributed by atoms with Crippen LogP contribution in [0.5, 0.6) is 5.75 Å². The van der Waals surface area contributed by atoms with E-state index in [2.05, 4.69) is 25.1 Å². The lowest BCUT2D eigenvalue weighted by Gasteiger charge is -2.20. The zero-order valence-electron chi connectivity index (χ0n) is 23.0. The molecule has 0 bridgehead atoms.